The lowest BCUT2D eigenvalue weighted by atomic mass is 9.99. The molecule has 1 heterocycles. The van der Waals surface area contributed by atoms with Crippen LogP contribution in [0.4, 0.5) is 0 Å². The highest BCUT2D eigenvalue weighted by Crippen LogP contribution is 2.38. The van der Waals surface area contributed by atoms with Gasteiger partial charge >= 0.3 is 11.9 Å². The van der Waals surface area contributed by atoms with Crippen molar-refractivity contribution in [1.29, 1.82) is 0 Å². The first-order valence-corrected chi connectivity index (χ1v) is 13.2. The predicted molar refractivity (Wildman–Crippen MR) is 136 cm³/mol. The molecule has 0 unspecified atom stereocenters. The molecule has 2 aromatic carbocycles. The zero-order valence-corrected chi connectivity index (χ0v) is 22.0. The van der Waals surface area contributed by atoms with Crippen LogP contribution in [0.15, 0.2) is 64.3 Å². The Kier molecular flexibility index (Phi) is 8.65. The Morgan fingerprint density at radius 3 is 2.41 bits per heavy atom. The number of ether oxygens (including phenoxy) is 3. The fourth-order valence-electron chi connectivity index (χ4n) is 3.71. The zero-order chi connectivity index (χ0) is 27.2. The average Bonchev–Trinajstić information content (AvgIpc) is 3.35. The molecule has 0 aliphatic carbocycles. The topological polar surface area (TPSA) is 129 Å². The number of methoxy groups -OCH3 is 1. The number of carbonyl (C=O) groups excluding carboxylic acids is 1. The smallest absolute Gasteiger partial charge is 0.339 e. The third kappa shape index (κ3) is 7.13. The van der Waals surface area contributed by atoms with E-state index in [2.05, 4.69) is 0 Å². The minimum atomic E-state index is -3.97. The van der Waals surface area contributed by atoms with E-state index in [1.807, 2.05) is 0 Å². The van der Waals surface area contributed by atoms with Crippen molar-refractivity contribution in [2.75, 3.05) is 13.7 Å². The van der Waals surface area contributed by atoms with Crippen LogP contribution >= 0.6 is 0 Å². The van der Waals surface area contributed by atoms with Gasteiger partial charge in [-0.15, -0.1) is 0 Å². The van der Waals surface area contributed by atoms with Crippen molar-refractivity contribution in [3.8, 4) is 22.6 Å². The molecule has 0 amide bonds. The molecule has 0 aliphatic rings. The molecule has 0 saturated carbocycles. The first-order valence-electron chi connectivity index (χ1n) is 11.5. The number of esters is 1. The highest BCUT2D eigenvalue weighted by molar-refractivity contribution is 7.90. The summed E-state index contributed by atoms with van der Waals surface area (Å²) in [6, 6.07) is 10.8. The third-order valence-corrected chi connectivity index (χ3v) is 6.93. The van der Waals surface area contributed by atoms with Gasteiger partial charge in [0.2, 0.25) is 0 Å². The van der Waals surface area contributed by atoms with E-state index in [-0.39, 0.29) is 47.0 Å². The minimum absolute atomic E-state index is 0.00703. The molecule has 3 rings (SSSR count). The van der Waals surface area contributed by atoms with Crippen LogP contribution in [0, 0.1) is 0 Å². The van der Waals surface area contributed by atoms with Crippen molar-refractivity contribution >= 4 is 21.8 Å². The second-order valence-electron chi connectivity index (χ2n) is 9.24. The maximum absolute atomic E-state index is 13.3. The largest absolute Gasteiger partial charge is 0.495 e. The van der Waals surface area contributed by atoms with E-state index < -0.39 is 33.1 Å². The number of carbonyl (C=O) groups is 2. The van der Waals surface area contributed by atoms with Crippen LogP contribution in [-0.4, -0.2) is 44.8 Å². The van der Waals surface area contributed by atoms with Gasteiger partial charge in [0.25, 0.3) is 0 Å². The molecule has 3 aromatic rings. The van der Waals surface area contributed by atoms with E-state index in [9.17, 15) is 23.1 Å². The van der Waals surface area contributed by atoms with Crippen molar-refractivity contribution in [2.24, 2.45) is 0 Å². The number of para-hydroxylation sites is 1. The van der Waals surface area contributed by atoms with Gasteiger partial charge in [-0.3, -0.25) is 4.79 Å². The van der Waals surface area contributed by atoms with Gasteiger partial charge in [-0.2, -0.15) is 0 Å². The lowest BCUT2D eigenvalue weighted by Gasteiger charge is -2.20. The lowest BCUT2D eigenvalue weighted by molar-refractivity contribution is -0.155. The van der Waals surface area contributed by atoms with Crippen molar-refractivity contribution in [3.05, 3.63) is 66.1 Å². The summed E-state index contributed by atoms with van der Waals surface area (Å²) in [5.74, 6) is -2.19. The number of carboxylic acid groups (broad SMARTS) is 1. The molecule has 1 aromatic heterocycles. The van der Waals surface area contributed by atoms with Gasteiger partial charge in [-0.05, 0) is 51.0 Å². The van der Waals surface area contributed by atoms with E-state index in [1.165, 1.54) is 37.8 Å². The molecule has 9 nitrogen and oxygen atoms in total. The fourth-order valence-corrected chi connectivity index (χ4v) is 5.26. The fraction of sp³-hybridized carbons (Fsp3) is 0.333. The summed E-state index contributed by atoms with van der Waals surface area (Å²) in [6.45, 7) is 5.31. The van der Waals surface area contributed by atoms with Crippen LogP contribution in [0.1, 0.15) is 49.5 Å². The van der Waals surface area contributed by atoms with Crippen molar-refractivity contribution in [2.45, 2.75) is 49.9 Å². The van der Waals surface area contributed by atoms with Gasteiger partial charge in [0.05, 0.1) is 32.0 Å². The van der Waals surface area contributed by atoms with E-state index >= 15 is 0 Å². The number of benzene rings is 2. The second kappa shape index (κ2) is 11.5. The number of rotatable bonds is 11. The Bertz CT molecular complexity index is 1350. The van der Waals surface area contributed by atoms with E-state index in [1.54, 1.807) is 45.0 Å². The number of aromatic carboxylic acids is 1. The molecule has 0 bridgehead atoms. The van der Waals surface area contributed by atoms with Crippen LogP contribution in [0.2, 0.25) is 0 Å². The standard InChI is InChI=1S/C27H30O9S/c1-27(2,3)36-23(28)10-7-14-35-25-20(18-13-15-34-16-18)12-11-19(24(25)26(29)30)17-37(31,32)22-9-6-5-8-21(22)33-4/h5-6,8-9,11-13,15-16H,7,10,14,17H2,1-4H3,(H,29,30). The molecule has 0 fully saturated rings. The van der Waals surface area contributed by atoms with Gasteiger partial charge in [0.1, 0.15) is 27.6 Å². The van der Waals surface area contributed by atoms with Gasteiger partial charge in [0, 0.05) is 17.5 Å². The SMILES string of the molecule is COc1ccccc1S(=O)(=O)Cc1ccc(-c2ccoc2)c(OCCCC(=O)OC(C)(C)C)c1C(=O)O. The highest BCUT2D eigenvalue weighted by Gasteiger charge is 2.27. The van der Waals surface area contributed by atoms with Crippen LogP contribution in [0.25, 0.3) is 11.1 Å². The van der Waals surface area contributed by atoms with E-state index in [0.29, 0.717) is 11.1 Å². The number of hydrogen-bond acceptors (Lipinski definition) is 8. The molecule has 1 N–H and O–H groups in total. The summed E-state index contributed by atoms with van der Waals surface area (Å²) >= 11 is 0. The summed E-state index contributed by atoms with van der Waals surface area (Å²) in [6.07, 6.45) is 3.20. The van der Waals surface area contributed by atoms with E-state index in [0.717, 1.165) is 0 Å². The first kappa shape index (κ1) is 27.8. The Morgan fingerprint density at radius 1 is 1.05 bits per heavy atom. The second-order valence-corrected chi connectivity index (χ2v) is 11.2. The van der Waals surface area contributed by atoms with Crippen molar-refractivity contribution in [1.82, 2.24) is 0 Å². The maximum atomic E-state index is 13.3. The minimum Gasteiger partial charge on any atom is -0.495 e. The van der Waals surface area contributed by atoms with Gasteiger partial charge in [-0.25, -0.2) is 13.2 Å². The molecule has 0 spiro atoms. The molecular formula is C27H30O9S. The monoisotopic (exact) mass is 530 g/mol. The summed E-state index contributed by atoms with van der Waals surface area (Å²) < 4.78 is 48.0. The number of carboxylic acids is 1. The summed E-state index contributed by atoms with van der Waals surface area (Å²) in [5.41, 5.74) is 0.122. The van der Waals surface area contributed by atoms with Crippen molar-refractivity contribution in [3.63, 3.8) is 0 Å². The molecule has 0 atom stereocenters. The number of furan rings is 1. The molecule has 0 radical (unpaired) electrons. The highest BCUT2D eigenvalue weighted by atomic mass is 32.2. The van der Waals surface area contributed by atoms with Crippen LogP contribution in [-0.2, 0) is 25.1 Å². The number of sulfone groups is 1. The quantitative estimate of drug-likeness (QED) is 0.265. The Hall–Kier alpha value is -3.79. The average molecular weight is 531 g/mol. The Morgan fingerprint density at radius 2 is 1.78 bits per heavy atom. The van der Waals surface area contributed by atoms with Crippen LogP contribution < -0.4 is 9.47 Å². The van der Waals surface area contributed by atoms with Crippen LogP contribution in [0.5, 0.6) is 11.5 Å². The van der Waals surface area contributed by atoms with E-state index in [4.69, 9.17) is 18.6 Å². The van der Waals surface area contributed by atoms with Gasteiger partial charge in [-0.1, -0.05) is 24.3 Å². The zero-order valence-electron chi connectivity index (χ0n) is 21.1. The molecule has 0 saturated heterocycles. The Labute approximate surface area is 215 Å². The molecule has 0 aliphatic heterocycles. The normalized spacial score (nSPS) is 11.7. The van der Waals surface area contributed by atoms with Crippen molar-refractivity contribution < 1.29 is 41.7 Å². The molecule has 37 heavy (non-hydrogen) atoms. The summed E-state index contributed by atoms with van der Waals surface area (Å²) in [4.78, 5) is 24.4. The van der Waals surface area contributed by atoms with Crippen LogP contribution in [0.3, 0.4) is 0 Å². The Balaban J connectivity index is 1.96. The number of hydrogen-bond donors (Lipinski definition) is 1. The summed E-state index contributed by atoms with van der Waals surface area (Å²) in [7, 11) is -2.61. The molecule has 198 valence electrons. The maximum Gasteiger partial charge on any atom is 0.339 e. The van der Waals surface area contributed by atoms with Gasteiger partial charge in [0.15, 0.2) is 9.84 Å². The molecule has 10 heteroatoms. The molecular weight excluding hydrogens is 500 g/mol. The summed E-state index contributed by atoms with van der Waals surface area (Å²) in [5, 5.41) is 10.1. The van der Waals surface area contributed by atoms with Gasteiger partial charge < -0.3 is 23.7 Å². The third-order valence-electron chi connectivity index (χ3n) is 5.23. The predicted octanol–water partition coefficient (Wildman–Crippen LogP) is 5.13. The first-order chi connectivity index (χ1) is 17.4. The lowest BCUT2D eigenvalue weighted by Crippen LogP contribution is -2.24.